The number of benzene rings is 1. The molecule has 114 valence electrons. The molecule has 0 aliphatic carbocycles. The third-order valence-corrected chi connectivity index (χ3v) is 3.98. The SMILES string of the molecule is CCOCCSc1nnc(-c2ccc(OC)cc2)n1CC. The van der Waals surface area contributed by atoms with E-state index in [1.807, 2.05) is 31.2 Å². The molecule has 5 nitrogen and oxygen atoms in total. The summed E-state index contributed by atoms with van der Waals surface area (Å²) in [6.45, 7) is 6.42. The highest BCUT2D eigenvalue weighted by atomic mass is 32.2. The Balaban J connectivity index is 2.14. The van der Waals surface area contributed by atoms with Gasteiger partial charge in [0, 0.05) is 24.5 Å². The molecule has 0 fully saturated rings. The highest BCUT2D eigenvalue weighted by Crippen LogP contribution is 2.25. The van der Waals surface area contributed by atoms with Gasteiger partial charge in [-0.3, -0.25) is 0 Å². The molecule has 1 heterocycles. The molecule has 21 heavy (non-hydrogen) atoms. The standard InChI is InChI=1S/C15H21N3O2S/c1-4-18-14(12-6-8-13(19-3)9-7-12)16-17-15(18)21-11-10-20-5-2/h6-9H,4-5,10-11H2,1-3H3. The summed E-state index contributed by atoms with van der Waals surface area (Å²) < 4.78 is 12.7. The van der Waals surface area contributed by atoms with Gasteiger partial charge in [0.15, 0.2) is 11.0 Å². The summed E-state index contributed by atoms with van der Waals surface area (Å²) in [6.07, 6.45) is 0. The van der Waals surface area contributed by atoms with E-state index in [4.69, 9.17) is 9.47 Å². The Hall–Kier alpha value is -1.53. The lowest BCUT2D eigenvalue weighted by molar-refractivity contribution is 0.164. The van der Waals surface area contributed by atoms with Gasteiger partial charge in [-0.1, -0.05) is 11.8 Å². The lowest BCUT2D eigenvalue weighted by Gasteiger charge is -2.08. The number of nitrogens with zero attached hydrogens (tertiary/aromatic N) is 3. The zero-order valence-corrected chi connectivity index (χ0v) is 13.5. The molecular formula is C15H21N3O2S. The second-order valence-electron chi connectivity index (χ2n) is 4.32. The van der Waals surface area contributed by atoms with Crippen LogP contribution in [0.15, 0.2) is 29.4 Å². The summed E-state index contributed by atoms with van der Waals surface area (Å²) in [7, 11) is 1.66. The van der Waals surface area contributed by atoms with E-state index >= 15 is 0 Å². The van der Waals surface area contributed by atoms with E-state index in [-0.39, 0.29) is 0 Å². The van der Waals surface area contributed by atoms with Crippen molar-refractivity contribution in [1.29, 1.82) is 0 Å². The Morgan fingerprint density at radius 3 is 2.52 bits per heavy atom. The van der Waals surface area contributed by atoms with E-state index < -0.39 is 0 Å². The molecule has 2 rings (SSSR count). The maximum absolute atomic E-state index is 5.35. The van der Waals surface area contributed by atoms with Gasteiger partial charge in [-0.2, -0.15) is 0 Å². The highest BCUT2D eigenvalue weighted by Gasteiger charge is 2.12. The Morgan fingerprint density at radius 1 is 1.14 bits per heavy atom. The normalized spacial score (nSPS) is 10.8. The molecule has 0 unspecified atom stereocenters. The first-order valence-corrected chi connectivity index (χ1v) is 8.06. The number of rotatable bonds is 8. The van der Waals surface area contributed by atoms with E-state index in [2.05, 4.69) is 21.7 Å². The van der Waals surface area contributed by atoms with Gasteiger partial charge in [-0.25, -0.2) is 0 Å². The van der Waals surface area contributed by atoms with Gasteiger partial charge in [0.2, 0.25) is 0 Å². The monoisotopic (exact) mass is 307 g/mol. The fraction of sp³-hybridized carbons (Fsp3) is 0.467. The summed E-state index contributed by atoms with van der Waals surface area (Å²) in [6, 6.07) is 7.88. The predicted octanol–water partition coefficient (Wildman–Crippen LogP) is 3.10. The number of hydrogen-bond donors (Lipinski definition) is 0. The number of thioether (sulfide) groups is 1. The van der Waals surface area contributed by atoms with Crippen LogP contribution in [0.4, 0.5) is 0 Å². The Bertz CT molecular complexity index is 555. The Labute approximate surface area is 129 Å². The first kappa shape index (κ1) is 15.9. The molecular weight excluding hydrogens is 286 g/mol. The van der Waals surface area contributed by atoms with Crippen LogP contribution in [-0.4, -0.2) is 40.8 Å². The van der Waals surface area contributed by atoms with Crippen molar-refractivity contribution in [3.63, 3.8) is 0 Å². The quantitative estimate of drug-likeness (QED) is 0.554. The van der Waals surface area contributed by atoms with Gasteiger partial charge in [0.05, 0.1) is 13.7 Å². The summed E-state index contributed by atoms with van der Waals surface area (Å²) in [4.78, 5) is 0. The maximum atomic E-state index is 5.35. The number of aromatic nitrogens is 3. The van der Waals surface area contributed by atoms with E-state index in [1.54, 1.807) is 18.9 Å². The second-order valence-corrected chi connectivity index (χ2v) is 5.39. The van der Waals surface area contributed by atoms with Crippen molar-refractivity contribution in [1.82, 2.24) is 14.8 Å². The molecule has 0 saturated heterocycles. The van der Waals surface area contributed by atoms with Crippen LogP contribution in [0.2, 0.25) is 0 Å². The summed E-state index contributed by atoms with van der Waals surface area (Å²) in [5.74, 6) is 2.61. The lowest BCUT2D eigenvalue weighted by atomic mass is 10.2. The first-order valence-electron chi connectivity index (χ1n) is 7.08. The van der Waals surface area contributed by atoms with E-state index in [1.165, 1.54) is 0 Å². The first-order chi connectivity index (χ1) is 10.3. The zero-order chi connectivity index (χ0) is 15.1. The number of methoxy groups -OCH3 is 1. The third-order valence-electron chi connectivity index (χ3n) is 3.04. The van der Waals surface area contributed by atoms with Crippen molar-refractivity contribution >= 4 is 11.8 Å². The van der Waals surface area contributed by atoms with Crippen molar-refractivity contribution in [2.75, 3.05) is 26.1 Å². The van der Waals surface area contributed by atoms with Gasteiger partial charge < -0.3 is 14.0 Å². The smallest absolute Gasteiger partial charge is 0.191 e. The summed E-state index contributed by atoms with van der Waals surface area (Å²) >= 11 is 1.67. The van der Waals surface area contributed by atoms with Crippen LogP contribution >= 0.6 is 11.8 Å². The Morgan fingerprint density at radius 2 is 1.90 bits per heavy atom. The molecule has 2 aromatic rings. The molecule has 1 aromatic carbocycles. The van der Waals surface area contributed by atoms with Gasteiger partial charge in [0.1, 0.15) is 5.75 Å². The molecule has 0 aliphatic heterocycles. The largest absolute Gasteiger partial charge is 0.497 e. The van der Waals surface area contributed by atoms with E-state index in [0.717, 1.165) is 47.8 Å². The van der Waals surface area contributed by atoms with E-state index in [9.17, 15) is 0 Å². The van der Waals surface area contributed by atoms with E-state index in [0.29, 0.717) is 0 Å². The molecule has 0 radical (unpaired) electrons. The third kappa shape index (κ3) is 3.98. The van der Waals surface area contributed by atoms with Crippen molar-refractivity contribution in [2.24, 2.45) is 0 Å². The zero-order valence-electron chi connectivity index (χ0n) is 12.7. The Kier molecular flexibility index (Phi) is 6.07. The minimum Gasteiger partial charge on any atom is -0.497 e. The van der Waals surface area contributed by atoms with Crippen molar-refractivity contribution in [3.05, 3.63) is 24.3 Å². The van der Waals surface area contributed by atoms with Crippen LogP contribution in [-0.2, 0) is 11.3 Å². The summed E-state index contributed by atoms with van der Waals surface area (Å²) in [5, 5.41) is 9.55. The molecule has 0 amide bonds. The molecule has 0 aliphatic rings. The van der Waals surface area contributed by atoms with Crippen LogP contribution in [0.5, 0.6) is 5.75 Å². The topological polar surface area (TPSA) is 49.2 Å². The van der Waals surface area contributed by atoms with Crippen LogP contribution < -0.4 is 4.74 Å². The van der Waals surface area contributed by atoms with Crippen LogP contribution in [0, 0.1) is 0 Å². The molecule has 0 atom stereocenters. The van der Waals surface area contributed by atoms with Crippen molar-refractivity contribution < 1.29 is 9.47 Å². The van der Waals surface area contributed by atoms with Gasteiger partial charge in [-0.05, 0) is 38.1 Å². The fourth-order valence-electron chi connectivity index (χ4n) is 1.97. The minimum atomic E-state index is 0.732. The summed E-state index contributed by atoms with van der Waals surface area (Å²) in [5.41, 5.74) is 1.04. The molecule has 0 spiro atoms. The molecule has 0 bridgehead atoms. The van der Waals surface area contributed by atoms with Gasteiger partial charge in [-0.15, -0.1) is 10.2 Å². The van der Waals surface area contributed by atoms with Crippen molar-refractivity contribution in [2.45, 2.75) is 25.5 Å². The van der Waals surface area contributed by atoms with Crippen LogP contribution in [0.1, 0.15) is 13.8 Å². The molecule has 0 saturated carbocycles. The van der Waals surface area contributed by atoms with Gasteiger partial charge >= 0.3 is 0 Å². The number of hydrogen-bond acceptors (Lipinski definition) is 5. The highest BCUT2D eigenvalue weighted by molar-refractivity contribution is 7.99. The van der Waals surface area contributed by atoms with Crippen LogP contribution in [0.3, 0.4) is 0 Å². The molecule has 1 aromatic heterocycles. The number of ether oxygens (including phenoxy) is 2. The fourth-order valence-corrected chi connectivity index (χ4v) is 2.82. The molecule has 6 heteroatoms. The van der Waals surface area contributed by atoms with Crippen molar-refractivity contribution in [3.8, 4) is 17.1 Å². The van der Waals surface area contributed by atoms with Gasteiger partial charge in [0.25, 0.3) is 0 Å². The lowest BCUT2D eigenvalue weighted by Crippen LogP contribution is -2.02. The average Bonchev–Trinajstić information content (AvgIpc) is 2.94. The van der Waals surface area contributed by atoms with Crippen LogP contribution in [0.25, 0.3) is 11.4 Å². The predicted molar refractivity (Wildman–Crippen MR) is 84.9 cm³/mol. The minimum absolute atomic E-state index is 0.732. The molecule has 0 N–H and O–H groups in total. The maximum Gasteiger partial charge on any atom is 0.191 e. The second kappa shape index (κ2) is 8.05. The average molecular weight is 307 g/mol.